The van der Waals surface area contributed by atoms with E-state index in [0.29, 0.717) is 5.13 Å². The lowest BCUT2D eigenvalue weighted by molar-refractivity contribution is -0.115. The van der Waals surface area contributed by atoms with Crippen LogP contribution in [-0.4, -0.2) is 18.0 Å². The summed E-state index contributed by atoms with van der Waals surface area (Å²) in [5, 5.41) is 3.49. The van der Waals surface area contributed by atoms with Crippen LogP contribution in [0.25, 0.3) is 0 Å². The molecule has 1 aromatic carbocycles. The molecule has 0 saturated heterocycles. The Hall–Kier alpha value is -1.88. The van der Waals surface area contributed by atoms with Crippen LogP contribution in [0.3, 0.4) is 0 Å². The molecule has 0 saturated carbocycles. The van der Waals surface area contributed by atoms with Gasteiger partial charge in [-0.1, -0.05) is 17.7 Å². The molecule has 0 radical (unpaired) electrons. The summed E-state index contributed by atoms with van der Waals surface area (Å²) in [5.41, 5.74) is 2.95. The SMILES string of the molecule is COc1ccc(C)cc1CC(=O)Nc1nc(C)c(C)s1. The molecule has 5 heteroatoms. The van der Waals surface area contributed by atoms with Gasteiger partial charge in [-0.2, -0.15) is 0 Å². The maximum Gasteiger partial charge on any atom is 0.230 e. The maximum atomic E-state index is 12.1. The molecular weight excluding hydrogens is 272 g/mol. The van der Waals surface area contributed by atoms with E-state index in [4.69, 9.17) is 4.74 Å². The summed E-state index contributed by atoms with van der Waals surface area (Å²) in [5.74, 6) is 0.653. The molecule has 0 bridgehead atoms. The van der Waals surface area contributed by atoms with E-state index in [1.807, 2.05) is 39.0 Å². The summed E-state index contributed by atoms with van der Waals surface area (Å²) < 4.78 is 5.28. The maximum absolute atomic E-state index is 12.1. The Morgan fingerprint density at radius 2 is 2.10 bits per heavy atom. The fourth-order valence-electron chi connectivity index (χ4n) is 1.91. The number of hydrogen-bond acceptors (Lipinski definition) is 4. The first-order valence-electron chi connectivity index (χ1n) is 6.37. The number of methoxy groups -OCH3 is 1. The number of aryl methyl sites for hydroxylation is 3. The molecule has 0 fully saturated rings. The standard InChI is InChI=1S/C15H18N2O2S/c1-9-5-6-13(19-4)12(7-9)8-14(18)17-15-16-10(2)11(3)20-15/h5-7H,8H2,1-4H3,(H,16,17,18). The van der Waals surface area contributed by atoms with E-state index in [-0.39, 0.29) is 12.3 Å². The largest absolute Gasteiger partial charge is 0.496 e. The van der Waals surface area contributed by atoms with Gasteiger partial charge in [-0.05, 0) is 26.8 Å². The fraction of sp³-hybridized carbons (Fsp3) is 0.333. The van der Waals surface area contributed by atoms with Gasteiger partial charge in [-0.3, -0.25) is 4.79 Å². The number of aromatic nitrogens is 1. The number of ether oxygens (including phenoxy) is 1. The zero-order valence-electron chi connectivity index (χ0n) is 12.1. The number of amides is 1. The number of hydrogen-bond donors (Lipinski definition) is 1. The van der Waals surface area contributed by atoms with Gasteiger partial charge in [0.2, 0.25) is 5.91 Å². The Morgan fingerprint density at radius 3 is 2.70 bits per heavy atom. The molecule has 0 atom stereocenters. The molecule has 1 amide bonds. The predicted molar refractivity (Wildman–Crippen MR) is 81.7 cm³/mol. The third-order valence-electron chi connectivity index (χ3n) is 3.06. The fourth-order valence-corrected chi connectivity index (χ4v) is 2.74. The highest BCUT2D eigenvalue weighted by Gasteiger charge is 2.11. The average Bonchev–Trinajstić information content (AvgIpc) is 2.68. The first-order chi connectivity index (χ1) is 9.49. The van der Waals surface area contributed by atoms with Gasteiger partial charge in [0.15, 0.2) is 5.13 Å². The molecule has 0 aliphatic rings. The molecular formula is C15H18N2O2S. The van der Waals surface area contributed by atoms with Gasteiger partial charge in [-0.15, -0.1) is 11.3 Å². The van der Waals surface area contributed by atoms with Crippen LogP contribution in [0.15, 0.2) is 18.2 Å². The number of anilines is 1. The first-order valence-corrected chi connectivity index (χ1v) is 7.18. The molecule has 1 heterocycles. The smallest absolute Gasteiger partial charge is 0.230 e. The first kappa shape index (κ1) is 14.5. The van der Waals surface area contributed by atoms with Crippen molar-refractivity contribution in [3.63, 3.8) is 0 Å². The quantitative estimate of drug-likeness (QED) is 0.940. The van der Waals surface area contributed by atoms with E-state index in [2.05, 4.69) is 10.3 Å². The van der Waals surface area contributed by atoms with E-state index in [9.17, 15) is 4.79 Å². The Bertz CT molecular complexity index is 615. The minimum Gasteiger partial charge on any atom is -0.496 e. The lowest BCUT2D eigenvalue weighted by Crippen LogP contribution is -2.14. The van der Waals surface area contributed by atoms with Crippen LogP contribution in [0.5, 0.6) is 5.75 Å². The van der Waals surface area contributed by atoms with Crippen LogP contribution >= 0.6 is 11.3 Å². The summed E-state index contributed by atoms with van der Waals surface area (Å²) in [4.78, 5) is 17.5. The molecule has 0 aliphatic carbocycles. The Kier molecular flexibility index (Phi) is 4.39. The van der Waals surface area contributed by atoms with E-state index in [1.54, 1.807) is 7.11 Å². The number of thiazole rings is 1. The van der Waals surface area contributed by atoms with Gasteiger partial charge in [0, 0.05) is 10.4 Å². The van der Waals surface area contributed by atoms with Crippen molar-refractivity contribution in [2.75, 3.05) is 12.4 Å². The summed E-state index contributed by atoms with van der Waals surface area (Å²) in [6, 6.07) is 5.82. The number of nitrogens with one attached hydrogen (secondary N) is 1. The van der Waals surface area contributed by atoms with Crippen LogP contribution in [0, 0.1) is 20.8 Å². The number of carbonyl (C=O) groups excluding carboxylic acids is 1. The third kappa shape index (κ3) is 3.36. The molecule has 2 aromatic rings. The molecule has 20 heavy (non-hydrogen) atoms. The zero-order chi connectivity index (χ0) is 14.7. The van der Waals surface area contributed by atoms with E-state index < -0.39 is 0 Å². The second-order valence-electron chi connectivity index (χ2n) is 4.70. The average molecular weight is 290 g/mol. The van der Waals surface area contributed by atoms with E-state index >= 15 is 0 Å². The van der Waals surface area contributed by atoms with Gasteiger partial charge in [-0.25, -0.2) is 4.98 Å². The van der Waals surface area contributed by atoms with E-state index in [1.165, 1.54) is 11.3 Å². The molecule has 0 unspecified atom stereocenters. The summed E-state index contributed by atoms with van der Waals surface area (Å²) in [7, 11) is 1.61. The summed E-state index contributed by atoms with van der Waals surface area (Å²) in [6.45, 7) is 5.92. The molecule has 1 aromatic heterocycles. The normalized spacial score (nSPS) is 10.4. The molecule has 4 nitrogen and oxygen atoms in total. The highest BCUT2D eigenvalue weighted by molar-refractivity contribution is 7.15. The van der Waals surface area contributed by atoms with Crippen molar-refractivity contribution in [3.8, 4) is 5.75 Å². The van der Waals surface area contributed by atoms with Crippen molar-refractivity contribution in [1.29, 1.82) is 0 Å². The lowest BCUT2D eigenvalue weighted by atomic mass is 10.1. The van der Waals surface area contributed by atoms with Gasteiger partial charge in [0.05, 0.1) is 19.2 Å². The Morgan fingerprint density at radius 1 is 1.35 bits per heavy atom. The number of carbonyl (C=O) groups is 1. The van der Waals surface area contributed by atoms with Crippen LogP contribution in [-0.2, 0) is 11.2 Å². The Balaban J connectivity index is 2.10. The van der Waals surface area contributed by atoms with Crippen molar-refractivity contribution >= 4 is 22.4 Å². The zero-order valence-corrected chi connectivity index (χ0v) is 12.9. The highest BCUT2D eigenvalue weighted by atomic mass is 32.1. The van der Waals surface area contributed by atoms with Crippen molar-refractivity contribution in [1.82, 2.24) is 4.98 Å². The van der Waals surface area contributed by atoms with Crippen molar-refractivity contribution in [2.45, 2.75) is 27.2 Å². The van der Waals surface area contributed by atoms with Crippen molar-refractivity contribution in [2.24, 2.45) is 0 Å². The summed E-state index contributed by atoms with van der Waals surface area (Å²) >= 11 is 1.49. The lowest BCUT2D eigenvalue weighted by Gasteiger charge is -2.09. The van der Waals surface area contributed by atoms with Gasteiger partial charge in [0.25, 0.3) is 0 Å². The van der Waals surface area contributed by atoms with Crippen LogP contribution in [0.2, 0.25) is 0 Å². The third-order valence-corrected chi connectivity index (χ3v) is 4.05. The molecule has 0 aliphatic heterocycles. The highest BCUT2D eigenvalue weighted by Crippen LogP contribution is 2.23. The van der Waals surface area contributed by atoms with Crippen LogP contribution in [0.4, 0.5) is 5.13 Å². The van der Waals surface area contributed by atoms with Crippen molar-refractivity contribution in [3.05, 3.63) is 39.9 Å². The minimum atomic E-state index is -0.0809. The van der Waals surface area contributed by atoms with Gasteiger partial charge >= 0.3 is 0 Å². The number of benzene rings is 1. The van der Waals surface area contributed by atoms with Crippen molar-refractivity contribution < 1.29 is 9.53 Å². The van der Waals surface area contributed by atoms with E-state index in [0.717, 1.165) is 27.4 Å². The second kappa shape index (κ2) is 6.05. The van der Waals surface area contributed by atoms with Crippen LogP contribution < -0.4 is 10.1 Å². The van der Waals surface area contributed by atoms with Gasteiger partial charge < -0.3 is 10.1 Å². The minimum absolute atomic E-state index is 0.0809. The van der Waals surface area contributed by atoms with Crippen LogP contribution in [0.1, 0.15) is 21.7 Å². The monoisotopic (exact) mass is 290 g/mol. The number of nitrogens with zero attached hydrogens (tertiary/aromatic N) is 1. The summed E-state index contributed by atoms with van der Waals surface area (Å²) in [6.07, 6.45) is 0.280. The molecule has 0 spiro atoms. The Labute approximate surface area is 122 Å². The predicted octanol–water partition coefficient (Wildman–Crippen LogP) is 3.26. The topological polar surface area (TPSA) is 51.2 Å². The second-order valence-corrected chi connectivity index (χ2v) is 5.90. The number of rotatable bonds is 4. The van der Waals surface area contributed by atoms with Gasteiger partial charge in [0.1, 0.15) is 5.75 Å². The molecule has 1 N–H and O–H groups in total. The molecule has 106 valence electrons. The molecule has 2 rings (SSSR count).